The summed E-state index contributed by atoms with van der Waals surface area (Å²) < 4.78 is 15.8. The Morgan fingerprint density at radius 1 is 0.812 bits per heavy atom. The summed E-state index contributed by atoms with van der Waals surface area (Å²) in [7, 11) is 0. The third-order valence-electron chi connectivity index (χ3n) is 6.40. The van der Waals surface area contributed by atoms with Gasteiger partial charge in [-0.1, -0.05) is 30.3 Å². The molecule has 2 atom stereocenters. The van der Waals surface area contributed by atoms with Gasteiger partial charge >= 0.3 is 18.2 Å². The van der Waals surface area contributed by atoms with E-state index in [0.29, 0.717) is 37.1 Å². The Morgan fingerprint density at radius 3 is 1.98 bits per heavy atom. The Kier molecular flexibility index (Phi) is 18.2. The summed E-state index contributed by atoms with van der Waals surface area (Å²) in [6, 6.07) is 7.44. The van der Waals surface area contributed by atoms with Crippen LogP contribution in [0.5, 0.6) is 0 Å². The third-order valence-corrected chi connectivity index (χ3v) is 6.40. The Morgan fingerprint density at radius 2 is 1.40 bits per heavy atom. The molecule has 1 rings (SSSR count). The van der Waals surface area contributed by atoms with Crippen LogP contribution >= 0.6 is 0 Å². The number of unbranched alkanes of at least 4 members (excludes halogenated alkanes) is 2. The molecule has 15 heteroatoms. The van der Waals surface area contributed by atoms with Gasteiger partial charge in [0.25, 0.3) is 0 Å². The molecule has 5 amide bonds. The van der Waals surface area contributed by atoms with E-state index in [1.807, 2.05) is 30.3 Å². The number of hydrogen-bond acceptors (Lipinski definition) is 11. The van der Waals surface area contributed by atoms with Gasteiger partial charge < -0.3 is 41.6 Å². The van der Waals surface area contributed by atoms with Crippen LogP contribution in [0.1, 0.15) is 85.6 Å². The first-order valence-electron chi connectivity index (χ1n) is 16.2. The van der Waals surface area contributed by atoms with E-state index in [2.05, 4.69) is 16.0 Å². The zero-order valence-corrected chi connectivity index (χ0v) is 29.1. The minimum Gasteiger partial charge on any atom is -0.458 e. The van der Waals surface area contributed by atoms with Crippen LogP contribution < -0.4 is 27.4 Å². The first-order valence-corrected chi connectivity index (χ1v) is 16.2. The highest BCUT2D eigenvalue weighted by molar-refractivity contribution is 5.97. The molecule has 0 aliphatic rings. The fourth-order valence-electron chi connectivity index (χ4n) is 4.07. The molecule has 15 nitrogen and oxygen atoms in total. The van der Waals surface area contributed by atoms with Gasteiger partial charge in [0.1, 0.15) is 30.4 Å². The number of nitrogens with one attached hydrogen (secondary N) is 3. The molecule has 0 spiro atoms. The fraction of sp³-hybridized carbons (Fsp3) is 0.636. The summed E-state index contributed by atoms with van der Waals surface area (Å²) in [5.74, 6) is -2.44. The Bertz CT molecular complexity index is 1200. The minimum atomic E-state index is -0.967. The molecule has 0 heterocycles. The highest BCUT2D eigenvalue weighted by Gasteiger charge is 2.29. The topological polar surface area (TPSA) is 221 Å². The van der Waals surface area contributed by atoms with Gasteiger partial charge in [-0.3, -0.25) is 14.4 Å². The SMILES string of the molecule is CC(C)(C)OC(=O)[C@H](CCCCNC(=O)OCc1ccccc1)NC(=O)[C@@H](N)CCCCNC(=O)CN(C(=O)CN)C(=O)OC(C)(C)C. The molecule has 0 unspecified atom stereocenters. The number of esters is 1. The van der Waals surface area contributed by atoms with E-state index in [0.717, 1.165) is 5.56 Å². The van der Waals surface area contributed by atoms with Crippen LogP contribution in [0.4, 0.5) is 9.59 Å². The first-order chi connectivity index (χ1) is 22.4. The second-order valence-corrected chi connectivity index (χ2v) is 13.2. The molecule has 0 aliphatic heterocycles. The predicted octanol–water partition coefficient (Wildman–Crippen LogP) is 2.25. The fourth-order valence-corrected chi connectivity index (χ4v) is 4.07. The number of hydrogen-bond donors (Lipinski definition) is 5. The number of amides is 5. The van der Waals surface area contributed by atoms with Crippen LogP contribution in [0.2, 0.25) is 0 Å². The molecular formula is C33H54N6O9. The molecule has 7 N–H and O–H groups in total. The number of ether oxygens (including phenoxy) is 3. The molecule has 0 aromatic heterocycles. The maximum atomic E-state index is 12.9. The molecular weight excluding hydrogens is 624 g/mol. The van der Waals surface area contributed by atoms with Crippen molar-refractivity contribution in [2.24, 2.45) is 11.5 Å². The van der Waals surface area contributed by atoms with Crippen molar-refractivity contribution in [3.8, 4) is 0 Å². The van der Waals surface area contributed by atoms with E-state index < -0.39 is 72.3 Å². The van der Waals surface area contributed by atoms with Gasteiger partial charge in [-0.25, -0.2) is 19.3 Å². The highest BCUT2D eigenvalue weighted by atomic mass is 16.6. The molecule has 270 valence electrons. The van der Waals surface area contributed by atoms with Crippen molar-refractivity contribution in [1.29, 1.82) is 0 Å². The zero-order chi connectivity index (χ0) is 36.3. The second-order valence-electron chi connectivity index (χ2n) is 13.2. The van der Waals surface area contributed by atoms with Crippen LogP contribution in [-0.2, 0) is 40.0 Å². The lowest BCUT2D eigenvalue weighted by Crippen LogP contribution is -2.50. The summed E-state index contributed by atoms with van der Waals surface area (Å²) in [5.41, 5.74) is 10.7. The number of carbonyl (C=O) groups is 6. The van der Waals surface area contributed by atoms with Crippen LogP contribution in [0.25, 0.3) is 0 Å². The van der Waals surface area contributed by atoms with E-state index >= 15 is 0 Å². The quantitative estimate of drug-likeness (QED) is 0.0861. The first kappa shape index (κ1) is 41.8. The smallest absolute Gasteiger partial charge is 0.417 e. The summed E-state index contributed by atoms with van der Waals surface area (Å²) >= 11 is 0. The number of imide groups is 1. The van der Waals surface area contributed by atoms with Gasteiger partial charge in [0.05, 0.1) is 12.6 Å². The number of carbonyl (C=O) groups excluding carboxylic acids is 6. The molecule has 0 saturated carbocycles. The third kappa shape index (κ3) is 18.8. The Labute approximate surface area is 283 Å². The van der Waals surface area contributed by atoms with Crippen LogP contribution in [-0.4, -0.2) is 90.2 Å². The van der Waals surface area contributed by atoms with Gasteiger partial charge in [-0.05, 0) is 85.6 Å². The predicted molar refractivity (Wildman–Crippen MR) is 178 cm³/mol. The molecule has 0 saturated heterocycles. The van der Waals surface area contributed by atoms with Gasteiger partial charge in [-0.15, -0.1) is 0 Å². The molecule has 0 radical (unpaired) electrons. The summed E-state index contributed by atoms with van der Waals surface area (Å²) in [4.78, 5) is 75.1. The van der Waals surface area contributed by atoms with Crippen molar-refractivity contribution >= 4 is 35.9 Å². The molecule has 1 aromatic rings. The van der Waals surface area contributed by atoms with Crippen LogP contribution in [0.3, 0.4) is 0 Å². The summed E-state index contributed by atoms with van der Waals surface area (Å²) in [5, 5.41) is 7.98. The lowest BCUT2D eigenvalue weighted by Gasteiger charge is -2.25. The number of nitrogens with two attached hydrogens (primary N) is 2. The molecule has 0 bridgehead atoms. The van der Waals surface area contributed by atoms with Crippen LogP contribution in [0, 0.1) is 0 Å². The van der Waals surface area contributed by atoms with Crippen molar-refractivity contribution in [2.45, 2.75) is 110 Å². The average molecular weight is 679 g/mol. The molecule has 1 aromatic carbocycles. The van der Waals surface area contributed by atoms with E-state index in [9.17, 15) is 28.8 Å². The van der Waals surface area contributed by atoms with Gasteiger partial charge in [0.2, 0.25) is 17.7 Å². The maximum Gasteiger partial charge on any atom is 0.417 e. The normalized spacial score (nSPS) is 12.6. The van der Waals surface area contributed by atoms with E-state index in [-0.39, 0.29) is 26.0 Å². The highest BCUT2D eigenvalue weighted by Crippen LogP contribution is 2.13. The largest absolute Gasteiger partial charge is 0.458 e. The number of nitrogens with zero attached hydrogens (tertiary/aromatic N) is 1. The monoisotopic (exact) mass is 678 g/mol. The van der Waals surface area contributed by atoms with Gasteiger partial charge in [-0.2, -0.15) is 0 Å². The van der Waals surface area contributed by atoms with Crippen molar-refractivity contribution in [2.75, 3.05) is 26.2 Å². The van der Waals surface area contributed by atoms with Crippen molar-refractivity contribution in [3.63, 3.8) is 0 Å². The summed E-state index contributed by atoms with van der Waals surface area (Å²) in [6.45, 7) is 9.74. The summed E-state index contributed by atoms with van der Waals surface area (Å²) in [6.07, 6.45) is 0.983. The standard InChI is InChI=1S/C33H54N6O9/c1-32(2,3)47-29(43)25(17-11-13-19-37-30(44)46-22-23-14-8-7-9-15-23)38-28(42)24(35)16-10-12-18-36-26(40)21-39(27(41)20-34)31(45)48-33(4,5)6/h7-9,14-15,24-25H,10-13,16-22,34-35H2,1-6H3,(H,36,40)(H,37,44)(H,38,42)/t24-,25-/m0/s1. The van der Waals surface area contributed by atoms with Gasteiger partial charge in [0.15, 0.2) is 0 Å². The molecule has 0 fully saturated rings. The Balaban J connectivity index is 2.49. The number of benzene rings is 1. The van der Waals surface area contributed by atoms with Crippen molar-refractivity contribution in [1.82, 2.24) is 20.9 Å². The number of alkyl carbamates (subject to hydrolysis) is 1. The van der Waals surface area contributed by atoms with Crippen molar-refractivity contribution in [3.05, 3.63) is 35.9 Å². The lowest BCUT2D eigenvalue weighted by molar-refractivity contribution is -0.159. The van der Waals surface area contributed by atoms with Crippen molar-refractivity contribution < 1.29 is 43.0 Å². The average Bonchev–Trinajstić information content (AvgIpc) is 2.99. The van der Waals surface area contributed by atoms with E-state index in [1.165, 1.54) is 0 Å². The zero-order valence-electron chi connectivity index (χ0n) is 29.1. The van der Waals surface area contributed by atoms with E-state index in [1.54, 1.807) is 41.5 Å². The van der Waals surface area contributed by atoms with Gasteiger partial charge in [0, 0.05) is 13.1 Å². The minimum absolute atomic E-state index is 0.153. The molecule has 0 aliphatic carbocycles. The lowest BCUT2D eigenvalue weighted by atomic mass is 10.1. The number of rotatable bonds is 18. The second kappa shape index (κ2) is 20.9. The van der Waals surface area contributed by atoms with Crippen LogP contribution in [0.15, 0.2) is 30.3 Å². The molecule has 48 heavy (non-hydrogen) atoms. The maximum absolute atomic E-state index is 12.9. The van der Waals surface area contributed by atoms with E-state index in [4.69, 9.17) is 25.7 Å². The Hall–Kier alpha value is -4.24.